The summed E-state index contributed by atoms with van der Waals surface area (Å²) in [5.41, 5.74) is 2.34. The molecular weight excluding hydrogens is 431 g/mol. The van der Waals surface area contributed by atoms with E-state index in [2.05, 4.69) is 66.0 Å². The third-order valence-electron chi connectivity index (χ3n) is 2.40. The molecule has 0 nitrogen and oxygen atoms in total. The van der Waals surface area contributed by atoms with Crippen molar-refractivity contribution in [2.75, 3.05) is 0 Å². The molecule has 2 aromatic rings. The van der Waals surface area contributed by atoms with Crippen molar-refractivity contribution in [1.29, 1.82) is 0 Å². The zero-order chi connectivity index (χ0) is 12.4. The van der Waals surface area contributed by atoms with Gasteiger partial charge in [0.2, 0.25) is 0 Å². The van der Waals surface area contributed by atoms with Crippen LogP contribution in [0.25, 0.3) is 0 Å². The lowest BCUT2D eigenvalue weighted by atomic mass is 10.1. The lowest BCUT2D eigenvalue weighted by molar-refractivity contribution is 1.17. The van der Waals surface area contributed by atoms with E-state index < -0.39 is 0 Å². The van der Waals surface area contributed by atoms with Gasteiger partial charge in [-0.3, -0.25) is 0 Å². The quantitative estimate of drug-likeness (QED) is 0.479. The Bertz CT molecular complexity index is 523. The van der Waals surface area contributed by atoms with E-state index in [1.165, 1.54) is 5.56 Å². The van der Waals surface area contributed by atoms with Crippen molar-refractivity contribution in [2.24, 2.45) is 0 Å². The van der Waals surface area contributed by atoms with Crippen LogP contribution in [0, 0.1) is 0 Å². The Balaban J connectivity index is 2.33. The maximum absolute atomic E-state index is 6.10. The molecule has 2 aromatic carbocycles. The van der Waals surface area contributed by atoms with Gasteiger partial charge in [-0.25, -0.2) is 0 Å². The van der Waals surface area contributed by atoms with Crippen LogP contribution in [0.15, 0.2) is 51.4 Å². The fourth-order valence-electron chi connectivity index (χ4n) is 1.49. The molecule has 0 saturated heterocycles. The van der Waals surface area contributed by atoms with Crippen LogP contribution >= 0.6 is 59.4 Å². The van der Waals surface area contributed by atoms with E-state index in [9.17, 15) is 0 Å². The molecule has 0 heterocycles. The van der Waals surface area contributed by atoms with E-state index in [4.69, 9.17) is 11.6 Å². The van der Waals surface area contributed by atoms with Gasteiger partial charge < -0.3 is 0 Å². The highest BCUT2D eigenvalue weighted by atomic mass is 79.9. The Morgan fingerprint density at radius 1 is 0.882 bits per heavy atom. The van der Waals surface area contributed by atoms with Crippen LogP contribution in [0.5, 0.6) is 0 Å². The second-order valence-electron chi connectivity index (χ2n) is 3.59. The van der Waals surface area contributed by atoms with Crippen molar-refractivity contribution in [3.05, 3.63) is 67.6 Å². The van der Waals surface area contributed by atoms with Gasteiger partial charge in [0, 0.05) is 8.95 Å². The summed E-state index contributed by atoms with van der Waals surface area (Å²) >= 11 is 16.6. The van der Waals surface area contributed by atoms with Crippen LogP contribution in [0.1, 0.15) is 16.0 Å². The number of hydrogen-bond donors (Lipinski definition) is 0. The van der Waals surface area contributed by atoms with E-state index in [0.29, 0.717) is 0 Å². The smallest absolute Gasteiger partial charge is 0.0645 e. The summed E-state index contributed by atoms with van der Waals surface area (Å²) in [6, 6.07) is 14.2. The van der Waals surface area contributed by atoms with Crippen molar-refractivity contribution in [1.82, 2.24) is 0 Å². The molecule has 88 valence electrons. The summed E-state index contributed by atoms with van der Waals surface area (Å²) < 4.78 is 1.99. The molecular formula is C13H8Br3Cl. The van der Waals surface area contributed by atoms with Gasteiger partial charge in [-0.1, -0.05) is 61.7 Å². The molecule has 0 aliphatic carbocycles. The van der Waals surface area contributed by atoms with E-state index in [0.717, 1.165) is 19.5 Å². The molecule has 2 rings (SSSR count). The molecule has 0 bridgehead atoms. The standard InChI is InChI=1S/C13H8Br3Cl/c14-10-4-1-8(2-5-10)13(16)9-3-6-11(15)12(17)7-9/h1-7,13H. The summed E-state index contributed by atoms with van der Waals surface area (Å²) in [7, 11) is 0. The Labute approximate surface area is 131 Å². The number of rotatable bonds is 2. The van der Waals surface area contributed by atoms with Gasteiger partial charge in [0.15, 0.2) is 0 Å². The first kappa shape index (κ1) is 13.6. The molecule has 0 N–H and O–H groups in total. The third kappa shape index (κ3) is 3.34. The lowest BCUT2D eigenvalue weighted by Crippen LogP contribution is -1.92. The Hall–Kier alpha value is 0.170. The number of benzene rings is 2. The minimum atomic E-state index is 0.154. The number of hydrogen-bond acceptors (Lipinski definition) is 0. The largest absolute Gasteiger partial charge is 0.0831 e. The molecule has 1 atom stereocenters. The van der Waals surface area contributed by atoms with Crippen molar-refractivity contribution < 1.29 is 0 Å². The van der Waals surface area contributed by atoms with Crippen LogP contribution in [-0.2, 0) is 0 Å². The molecule has 0 saturated carbocycles. The van der Waals surface area contributed by atoms with Crippen LogP contribution < -0.4 is 0 Å². The fraction of sp³-hybridized carbons (Fsp3) is 0.0769. The predicted molar refractivity (Wildman–Crippen MR) is 84.1 cm³/mol. The lowest BCUT2D eigenvalue weighted by Gasteiger charge is -2.11. The SMILES string of the molecule is Clc1cc(C(Br)c2ccc(Br)cc2)ccc1Br. The minimum Gasteiger partial charge on any atom is -0.0831 e. The highest BCUT2D eigenvalue weighted by Gasteiger charge is 2.11. The number of halogens is 4. The summed E-state index contributed by atoms with van der Waals surface area (Å²) in [5, 5.41) is 0.726. The zero-order valence-electron chi connectivity index (χ0n) is 8.63. The fourth-order valence-corrected chi connectivity index (χ4v) is 2.78. The molecule has 0 aliphatic rings. The van der Waals surface area contributed by atoms with E-state index >= 15 is 0 Å². The topological polar surface area (TPSA) is 0 Å². The second kappa shape index (κ2) is 5.87. The third-order valence-corrected chi connectivity index (χ3v) is 5.22. The highest BCUT2D eigenvalue weighted by molar-refractivity contribution is 9.11. The van der Waals surface area contributed by atoms with Crippen molar-refractivity contribution >= 4 is 59.4 Å². The Morgan fingerprint density at radius 3 is 2.06 bits per heavy atom. The molecule has 0 aliphatic heterocycles. The van der Waals surface area contributed by atoms with Gasteiger partial charge >= 0.3 is 0 Å². The zero-order valence-corrected chi connectivity index (χ0v) is 14.1. The summed E-state index contributed by atoms with van der Waals surface area (Å²) in [6.07, 6.45) is 0. The van der Waals surface area contributed by atoms with Crippen molar-refractivity contribution in [3.8, 4) is 0 Å². The first-order chi connectivity index (χ1) is 8.08. The van der Waals surface area contributed by atoms with E-state index in [1.807, 2.05) is 24.3 Å². The molecule has 0 amide bonds. The van der Waals surface area contributed by atoms with Crippen molar-refractivity contribution in [2.45, 2.75) is 4.83 Å². The van der Waals surface area contributed by atoms with Crippen molar-refractivity contribution in [3.63, 3.8) is 0 Å². The minimum absolute atomic E-state index is 0.154. The van der Waals surface area contributed by atoms with Gasteiger partial charge in [0.25, 0.3) is 0 Å². The van der Waals surface area contributed by atoms with Crippen LogP contribution in [0.3, 0.4) is 0 Å². The molecule has 17 heavy (non-hydrogen) atoms. The van der Waals surface area contributed by atoms with Crippen LogP contribution in [-0.4, -0.2) is 0 Å². The first-order valence-corrected chi connectivity index (χ1v) is 7.80. The maximum atomic E-state index is 6.10. The average molecular weight is 439 g/mol. The monoisotopic (exact) mass is 436 g/mol. The highest BCUT2D eigenvalue weighted by Crippen LogP contribution is 2.34. The summed E-state index contributed by atoms with van der Waals surface area (Å²) in [4.78, 5) is 0.154. The molecule has 0 fully saturated rings. The van der Waals surface area contributed by atoms with Gasteiger partial charge in [0.05, 0.1) is 9.85 Å². The van der Waals surface area contributed by atoms with Gasteiger partial charge in [-0.05, 0) is 51.3 Å². The summed E-state index contributed by atoms with van der Waals surface area (Å²) in [6.45, 7) is 0. The Morgan fingerprint density at radius 2 is 1.47 bits per heavy atom. The van der Waals surface area contributed by atoms with E-state index in [1.54, 1.807) is 0 Å². The summed E-state index contributed by atoms with van der Waals surface area (Å²) in [5.74, 6) is 0. The average Bonchev–Trinajstić information content (AvgIpc) is 2.33. The normalized spacial score (nSPS) is 12.5. The van der Waals surface area contributed by atoms with Gasteiger partial charge in [-0.2, -0.15) is 0 Å². The molecule has 0 spiro atoms. The molecule has 1 unspecified atom stereocenters. The first-order valence-electron chi connectivity index (χ1n) is 4.92. The van der Waals surface area contributed by atoms with Crippen LogP contribution in [0.2, 0.25) is 5.02 Å². The maximum Gasteiger partial charge on any atom is 0.0645 e. The second-order valence-corrected chi connectivity index (χ2v) is 6.68. The molecule has 0 aromatic heterocycles. The number of alkyl halides is 1. The van der Waals surface area contributed by atoms with Gasteiger partial charge in [0.1, 0.15) is 0 Å². The van der Waals surface area contributed by atoms with Crippen LogP contribution in [0.4, 0.5) is 0 Å². The molecule has 0 radical (unpaired) electrons. The van der Waals surface area contributed by atoms with Gasteiger partial charge in [-0.15, -0.1) is 0 Å². The predicted octanol–water partition coefficient (Wildman–Crippen LogP) is 6.35. The Kier molecular flexibility index (Phi) is 4.70. The van der Waals surface area contributed by atoms with E-state index in [-0.39, 0.29) is 4.83 Å². The molecule has 4 heteroatoms.